The van der Waals surface area contributed by atoms with E-state index in [9.17, 15) is 4.79 Å². The van der Waals surface area contributed by atoms with Gasteiger partial charge in [0.1, 0.15) is 5.01 Å². The lowest BCUT2D eigenvalue weighted by atomic mass is 10.2. The lowest BCUT2D eigenvalue weighted by Crippen LogP contribution is -2.16. The van der Waals surface area contributed by atoms with Gasteiger partial charge in [-0.05, 0) is 32.9 Å². The van der Waals surface area contributed by atoms with Gasteiger partial charge in [-0.3, -0.25) is 4.79 Å². The molecule has 0 radical (unpaired) electrons. The summed E-state index contributed by atoms with van der Waals surface area (Å²) in [5, 5.41) is 13.3. The third-order valence-electron chi connectivity index (χ3n) is 2.93. The zero-order chi connectivity index (χ0) is 14.4. The van der Waals surface area contributed by atoms with Crippen molar-refractivity contribution in [3.05, 3.63) is 33.2 Å². The molecule has 0 aliphatic carbocycles. The predicted molar refractivity (Wildman–Crippen MR) is 82.2 cm³/mol. The first-order chi connectivity index (χ1) is 9.70. The van der Waals surface area contributed by atoms with Crippen LogP contribution >= 0.6 is 11.3 Å². The molecule has 0 aliphatic heterocycles. The van der Waals surface area contributed by atoms with Crippen LogP contribution in [0.25, 0.3) is 10.6 Å². The van der Waals surface area contributed by atoms with E-state index in [2.05, 4.69) is 27.4 Å². The number of H-pyrrole nitrogens is 1. The average Bonchev–Trinajstić information content (AvgIpc) is 2.87. The molecule has 0 saturated heterocycles. The number of nitrogens with one attached hydrogen (secondary N) is 2. The molecule has 0 fully saturated rings. The van der Waals surface area contributed by atoms with Crippen molar-refractivity contribution < 1.29 is 0 Å². The lowest BCUT2D eigenvalue weighted by Gasteiger charge is -2.00. The van der Waals surface area contributed by atoms with Gasteiger partial charge >= 0.3 is 0 Å². The molecule has 2 aromatic heterocycles. The van der Waals surface area contributed by atoms with Crippen LogP contribution in [0.4, 0.5) is 0 Å². The van der Waals surface area contributed by atoms with E-state index in [1.54, 1.807) is 12.3 Å². The molecule has 0 bridgehead atoms. The Kier molecular flexibility index (Phi) is 5.43. The number of nitrogens with zero attached hydrogens (tertiary/aromatic N) is 2. The standard InChI is InChI=1S/C14H20N4OS/c1-3-6-15-7-4-5-13-17-18-14(20-13)11-9-16-10(2)8-12(11)19/h8-9,15H,3-7H2,1-2H3,(H,16,19). The van der Waals surface area contributed by atoms with Crippen molar-refractivity contribution in [2.45, 2.75) is 33.1 Å². The number of rotatable bonds is 7. The molecule has 6 heteroatoms. The third kappa shape index (κ3) is 3.98. The van der Waals surface area contributed by atoms with Gasteiger partial charge in [-0.2, -0.15) is 0 Å². The summed E-state index contributed by atoms with van der Waals surface area (Å²) in [6.45, 7) is 6.07. The smallest absolute Gasteiger partial charge is 0.192 e. The maximum absolute atomic E-state index is 11.9. The molecular formula is C14H20N4OS. The summed E-state index contributed by atoms with van der Waals surface area (Å²) >= 11 is 1.50. The van der Waals surface area contributed by atoms with Crippen LogP contribution in [0.5, 0.6) is 0 Å². The van der Waals surface area contributed by atoms with E-state index in [-0.39, 0.29) is 5.43 Å². The Morgan fingerprint density at radius 1 is 1.35 bits per heavy atom. The molecule has 2 rings (SSSR count). The number of aromatic nitrogens is 3. The summed E-state index contributed by atoms with van der Waals surface area (Å²) < 4.78 is 0. The zero-order valence-corrected chi connectivity index (χ0v) is 12.7. The summed E-state index contributed by atoms with van der Waals surface area (Å²) in [6.07, 6.45) is 4.81. The fraction of sp³-hybridized carbons (Fsp3) is 0.500. The van der Waals surface area contributed by atoms with Crippen LogP contribution in [0, 0.1) is 6.92 Å². The topological polar surface area (TPSA) is 70.7 Å². The SMILES string of the molecule is CCCNCCCc1nnc(-c2c[nH]c(C)cc2=O)s1. The molecule has 2 aromatic rings. The van der Waals surface area contributed by atoms with E-state index < -0.39 is 0 Å². The molecule has 0 saturated carbocycles. The number of hydrogen-bond acceptors (Lipinski definition) is 5. The van der Waals surface area contributed by atoms with Gasteiger partial charge in [-0.1, -0.05) is 18.3 Å². The Morgan fingerprint density at radius 3 is 2.95 bits per heavy atom. The Hall–Kier alpha value is -1.53. The quantitative estimate of drug-likeness (QED) is 0.767. The van der Waals surface area contributed by atoms with Crippen molar-refractivity contribution in [2.75, 3.05) is 13.1 Å². The molecule has 0 spiro atoms. The highest BCUT2D eigenvalue weighted by Crippen LogP contribution is 2.20. The number of aromatic amines is 1. The van der Waals surface area contributed by atoms with Crippen molar-refractivity contribution >= 4 is 11.3 Å². The second-order valence-corrected chi connectivity index (χ2v) is 5.81. The molecule has 0 amide bonds. The zero-order valence-electron chi connectivity index (χ0n) is 11.9. The van der Waals surface area contributed by atoms with Crippen molar-refractivity contribution in [3.63, 3.8) is 0 Å². The van der Waals surface area contributed by atoms with E-state index in [4.69, 9.17) is 0 Å². The Morgan fingerprint density at radius 2 is 2.20 bits per heavy atom. The molecule has 20 heavy (non-hydrogen) atoms. The van der Waals surface area contributed by atoms with E-state index in [0.29, 0.717) is 10.6 Å². The molecule has 2 heterocycles. The third-order valence-corrected chi connectivity index (χ3v) is 3.94. The van der Waals surface area contributed by atoms with Crippen LogP contribution in [0.2, 0.25) is 0 Å². The van der Waals surface area contributed by atoms with Gasteiger partial charge in [-0.15, -0.1) is 10.2 Å². The second-order valence-electron chi connectivity index (χ2n) is 4.75. The Balaban J connectivity index is 1.96. The minimum Gasteiger partial charge on any atom is -0.364 e. The van der Waals surface area contributed by atoms with E-state index >= 15 is 0 Å². The van der Waals surface area contributed by atoms with E-state index in [0.717, 1.165) is 43.1 Å². The lowest BCUT2D eigenvalue weighted by molar-refractivity contribution is 0.637. The van der Waals surface area contributed by atoms with Gasteiger partial charge in [0.15, 0.2) is 10.4 Å². The first-order valence-corrected chi connectivity index (χ1v) is 7.75. The monoisotopic (exact) mass is 292 g/mol. The van der Waals surface area contributed by atoms with Gasteiger partial charge in [0, 0.05) is 24.4 Å². The fourth-order valence-electron chi connectivity index (χ4n) is 1.87. The highest BCUT2D eigenvalue weighted by Gasteiger charge is 2.09. The first-order valence-electron chi connectivity index (χ1n) is 6.93. The summed E-state index contributed by atoms with van der Waals surface area (Å²) in [4.78, 5) is 14.9. The summed E-state index contributed by atoms with van der Waals surface area (Å²) in [5.74, 6) is 0. The largest absolute Gasteiger partial charge is 0.364 e. The normalized spacial score (nSPS) is 10.9. The fourth-order valence-corrected chi connectivity index (χ4v) is 2.77. The number of pyridine rings is 1. The molecule has 0 atom stereocenters. The molecule has 5 nitrogen and oxygen atoms in total. The molecule has 2 N–H and O–H groups in total. The minimum atomic E-state index is -0.00596. The van der Waals surface area contributed by atoms with E-state index in [1.807, 2.05) is 6.92 Å². The summed E-state index contributed by atoms with van der Waals surface area (Å²) in [6, 6.07) is 1.59. The van der Waals surface area contributed by atoms with Crippen molar-refractivity contribution in [3.8, 4) is 10.6 Å². The maximum atomic E-state index is 11.9. The minimum absolute atomic E-state index is 0.00596. The molecule has 108 valence electrons. The van der Waals surface area contributed by atoms with Crippen LogP contribution < -0.4 is 10.7 Å². The van der Waals surface area contributed by atoms with Crippen molar-refractivity contribution in [1.29, 1.82) is 0 Å². The number of aryl methyl sites for hydroxylation is 2. The van der Waals surface area contributed by atoms with Gasteiger partial charge in [0.2, 0.25) is 0 Å². The molecule has 0 aromatic carbocycles. The molecular weight excluding hydrogens is 272 g/mol. The second kappa shape index (κ2) is 7.31. The number of hydrogen-bond donors (Lipinski definition) is 2. The van der Waals surface area contributed by atoms with Gasteiger partial charge in [0.05, 0.1) is 5.56 Å². The van der Waals surface area contributed by atoms with Gasteiger partial charge < -0.3 is 10.3 Å². The Bertz CT molecular complexity index is 605. The van der Waals surface area contributed by atoms with Crippen LogP contribution in [-0.2, 0) is 6.42 Å². The van der Waals surface area contributed by atoms with Crippen LogP contribution in [0.1, 0.15) is 30.5 Å². The Labute approximate surface area is 122 Å². The highest BCUT2D eigenvalue weighted by atomic mass is 32.1. The average molecular weight is 292 g/mol. The van der Waals surface area contributed by atoms with Gasteiger partial charge in [0.25, 0.3) is 0 Å². The van der Waals surface area contributed by atoms with Gasteiger partial charge in [-0.25, -0.2) is 0 Å². The van der Waals surface area contributed by atoms with Crippen LogP contribution in [0.3, 0.4) is 0 Å². The first kappa shape index (κ1) is 14.9. The van der Waals surface area contributed by atoms with E-state index in [1.165, 1.54) is 11.3 Å². The maximum Gasteiger partial charge on any atom is 0.192 e. The predicted octanol–water partition coefficient (Wildman–Crippen LogP) is 2.13. The highest BCUT2D eigenvalue weighted by molar-refractivity contribution is 7.14. The summed E-state index contributed by atoms with van der Waals surface area (Å²) in [5.41, 5.74) is 1.45. The van der Waals surface area contributed by atoms with Crippen molar-refractivity contribution in [2.24, 2.45) is 0 Å². The summed E-state index contributed by atoms with van der Waals surface area (Å²) in [7, 11) is 0. The van der Waals surface area contributed by atoms with Crippen LogP contribution in [-0.4, -0.2) is 28.3 Å². The molecule has 0 aliphatic rings. The van der Waals surface area contributed by atoms with Crippen LogP contribution in [0.15, 0.2) is 17.1 Å². The molecule has 0 unspecified atom stereocenters. The van der Waals surface area contributed by atoms with Crippen molar-refractivity contribution in [1.82, 2.24) is 20.5 Å².